The molecular formula is C104H60N4. The number of hydrogen-bond acceptors (Lipinski definition) is 0. The lowest BCUT2D eigenvalue weighted by atomic mass is 10.0. The van der Waals surface area contributed by atoms with Crippen LogP contribution in [-0.2, 0) is 0 Å². The van der Waals surface area contributed by atoms with Gasteiger partial charge in [0.2, 0.25) is 0 Å². The van der Waals surface area contributed by atoms with Crippen LogP contribution in [0.25, 0.3) is 239 Å². The first-order valence-corrected chi connectivity index (χ1v) is 37.5. The van der Waals surface area contributed by atoms with Crippen LogP contribution in [-0.4, -0.2) is 17.6 Å². The van der Waals surface area contributed by atoms with Crippen molar-refractivity contribution in [2.24, 2.45) is 0 Å². The van der Waals surface area contributed by atoms with Crippen LogP contribution in [0.15, 0.2) is 364 Å². The third-order valence-corrected chi connectivity index (χ3v) is 24.2. The SMILES string of the molecule is c1ccc2cc3c(cc2c1)c1cccc2c4cc5ccccc5cc4n3c12.c1ccc2cc3c(cc2c1)c1cccc2c4cc5ccccc5cc4n3c12.c1ccc2cc3c(cc2c1)c1cccc2c4cc5ccccc5cc4n3c12.c1ccc2cc3c(cc2c1)c1cccc2c4cc5ccccc5cc4n3c12. The van der Waals surface area contributed by atoms with Gasteiger partial charge in [0.15, 0.2) is 0 Å². The van der Waals surface area contributed by atoms with Gasteiger partial charge in [-0.05, 0) is 183 Å². The first kappa shape index (κ1) is 58.1. The zero-order chi connectivity index (χ0) is 70.1. The summed E-state index contributed by atoms with van der Waals surface area (Å²) < 4.78 is 9.87. The van der Waals surface area contributed by atoms with Gasteiger partial charge in [-0.1, -0.05) is 267 Å². The number of fused-ring (bicyclic) bond motifs is 32. The highest BCUT2D eigenvalue weighted by atomic mass is 14.9. The van der Waals surface area contributed by atoms with E-state index in [0.29, 0.717) is 0 Å². The molecule has 0 aliphatic carbocycles. The number of rotatable bonds is 0. The van der Waals surface area contributed by atoms with Crippen molar-refractivity contribution in [3.63, 3.8) is 0 Å². The van der Waals surface area contributed by atoms with Gasteiger partial charge in [0, 0.05) is 86.2 Å². The average Bonchev–Trinajstić information content (AvgIpc) is 1.56. The lowest BCUT2D eigenvalue weighted by Crippen LogP contribution is -1.82. The Morgan fingerprint density at radius 2 is 0.213 bits per heavy atom. The molecule has 108 heavy (non-hydrogen) atoms. The predicted molar refractivity (Wildman–Crippen MR) is 464 cm³/mol. The van der Waals surface area contributed by atoms with Crippen molar-refractivity contribution < 1.29 is 0 Å². The summed E-state index contributed by atoms with van der Waals surface area (Å²) in [6, 6.07) is 134. The highest BCUT2D eigenvalue weighted by molar-refractivity contribution is 6.31. The van der Waals surface area contributed by atoms with Crippen LogP contribution in [0, 0.1) is 0 Å². The van der Waals surface area contributed by atoms with E-state index in [1.54, 1.807) is 0 Å². The maximum atomic E-state index is 2.47. The lowest BCUT2D eigenvalue weighted by molar-refractivity contribution is 1.38. The Labute approximate surface area is 616 Å². The Morgan fingerprint density at radius 1 is 0.102 bits per heavy atom. The van der Waals surface area contributed by atoms with Crippen molar-refractivity contribution in [1.82, 2.24) is 17.6 Å². The van der Waals surface area contributed by atoms with Gasteiger partial charge in [0.05, 0.1) is 66.2 Å². The number of aromatic nitrogens is 4. The molecule has 0 saturated heterocycles. The summed E-state index contributed by atoms with van der Waals surface area (Å²) in [5.41, 5.74) is 15.7. The van der Waals surface area contributed by atoms with Gasteiger partial charge in [-0.25, -0.2) is 0 Å². The molecule has 28 aromatic rings. The molecule has 0 atom stereocenters. The fraction of sp³-hybridized carbons (Fsp3) is 0. The van der Waals surface area contributed by atoms with Crippen LogP contribution in [0.3, 0.4) is 0 Å². The third kappa shape index (κ3) is 8.07. The summed E-state index contributed by atoms with van der Waals surface area (Å²) in [4.78, 5) is 0. The van der Waals surface area contributed by atoms with Crippen LogP contribution in [0.4, 0.5) is 0 Å². The number of hydrogen-bond donors (Lipinski definition) is 0. The molecule has 496 valence electrons. The second kappa shape index (κ2) is 21.7. The summed E-state index contributed by atoms with van der Waals surface area (Å²) in [5.74, 6) is 0. The molecule has 0 aliphatic rings. The fourth-order valence-electron chi connectivity index (χ4n) is 19.4. The lowest BCUT2D eigenvalue weighted by Gasteiger charge is -2.03. The van der Waals surface area contributed by atoms with Crippen molar-refractivity contribution in [1.29, 1.82) is 0 Å². The van der Waals surface area contributed by atoms with E-state index in [2.05, 4.69) is 382 Å². The Morgan fingerprint density at radius 3 is 0.333 bits per heavy atom. The van der Waals surface area contributed by atoms with Crippen LogP contribution in [0.1, 0.15) is 0 Å². The molecule has 20 aromatic carbocycles. The normalized spacial score (nSPS) is 12.4. The zero-order valence-electron chi connectivity index (χ0n) is 58.4. The number of para-hydroxylation sites is 4. The second-order valence-electron chi connectivity index (χ2n) is 29.9. The number of benzene rings is 20. The molecule has 0 spiro atoms. The van der Waals surface area contributed by atoms with Gasteiger partial charge in [-0.15, -0.1) is 0 Å². The molecule has 0 aliphatic heterocycles. The Bertz CT molecular complexity index is 7200. The molecule has 4 nitrogen and oxygen atoms in total. The molecular weight excluding hydrogens is 1310 g/mol. The summed E-state index contributed by atoms with van der Waals surface area (Å²) in [5, 5.41) is 42.2. The summed E-state index contributed by atoms with van der Waals surface area (Å²) in [7, 11) is 0. The van der Waals surface area contributed by atoms with Crippen molar-refractivity contribution >= 4 is 239 Å². The minimum Gasteiger partial charge on any atom is -0.308 e. The molecule has 0 bridgehead atoms. The largest absolute Gasteiger partial charge is 0.308 e. The second-order valence-corrected chi connectivity index (χ2v) is 29.9. The van der Waals surface area contributed by atoms with Gasteiger partial charge >= 0.3 is 0 Å². The molecule has 0 saturated carbocycles. The Balaban J connectivity index is 0.0000000827. The van der Waals surface area contributed by atoms with Crippen molar-refractivity contribution in [3.05, 3.63) is 364 Å². The average molecular weight is 1370 g/mol. The van der Waals surface area contributed by atoms with Gasteiger partial charge in [-0.3, -0.25) is 0 Å². The minimum absolute atomic E-state index is 1.29. The highest BCUT2D eigenvalue weighted by Gasteiger charge is 2.24. The molecule has 8 aromatic heterocycles. The van der Waals surface area contributed by atoms with E-state index in [1.165, 1.54) is 239 Å². The van der Waals surface area contributed by atoms with Crippen LogP contribution in [0.5, 0.6) is 0 Å². The molecule has 8 heterocycles. The smallest absolute Gasteiger partial charge is 0.0620 e. The summed E-state index contributed by atoms with van der Waals surface area (Å²) in [6.45, 7) is 0. The fourth-order valence-corrected chi connectivity index (χ4v) is 19.4. The molecule has 0 unspecified atom stereocenters. The van der Waals surface area contributed by atoms with Gasteiger partial charge in [0.25, 0.3) is 0 Å². The summed E-state index contributed by atoms with van der Waals surface area (Å²) in [6.07, 6.45) is 0. The molecule has 0 amide bonds. The molecule has 0 fully saturated rings. The van der Waals surface area contributed by atoms with E-state index in [4.69, 9.17) is 0 Å². The van der Waals surface area contributed by atoms with Crippen molar-refractivity contribution in [2.75, 3.05) is 0 Å². The first-order valence-electron chi connectivity index (χ1n) is 37.5. The van der Waals surface area contributed by atoms with Gasteiger partial charge in [-0.2, -0.15) is 0 Å². The first-order chi connectivity index (χ1) is 53.5. The zero-order valence-corrected chi connectivity index (χ0v) is 58.4. The van der Waals surface area contributed by atoms with Crippen molar-refractivity contribution in [3.8, 4) is 0 Å². The summed E-state index contributed by atoms with van der Waals surface area (Å²) >= 11 is 0. The molecule has 0 radical (unpaired) electrons. The topological polar surface area (TPSA) is 17.6 Å². The quantitative estimate of drug-likeness (QED) is 0.144. The van der Waals surface area contributed by atoms with Crippen LogP contribution in [0.2, 0.25) is 0 Å². The monoisotopic (exact) mass is 1360 g/mol. The highest BCUT2D eigenvalue weighted by Crippen LogP contribution is 2.47. The Hall–Kier alpha value is -14.3. The molecule has 28 rings (SSSR count). The van der Waals surface area contributed by atoms with Crippen LogP contribution >= 0.6 is 0 Å². The molecule has 4 heteroatoms. The van der Waals surface area contributed by atoms with E-state index in [0.717, 1.165) is 0 Å². The predicted octanol–water partition coefficient (Wildman–Crippen LogP) is 28.6. The van der Waals surface area contributed by atoms with E-state index < -0.39 is 0 Å². The number of nitrogens with zero attached hydrogens (tertiary/aromatic N) is 4. The third-order valence-electron chi connectivity index (χ3n) is 24.2. The van der Waals surface area contributed by atoms with E-state index in [9.17, 15) is 0 Å². The van der Waals surface area contributed by atoms with Gasteiger partial charge in [0.1, 0.15) is 0 Å². The Kier molecular flexibility index (Phi) is 11.6. The van der Waals surface area contributed by atoms with Gasteiger partial charge < -0.3 is 17.6 Å². The minimum atomic E-state index is 1.29. The van der Waals surface area contributed by atoms with E-state index >= 15 is 0 Å². The standard InChI is InChI=1S/4C26H15N/c4*1-3-8-18-14-24-22(12-16(18)6-1)20-10-5-11-21-23-13-17-7-2-4-9-19(17)15-25(23)27(24)26(20)21/h4*1-15H. The van der Waals surface area contributed by atoms with E-state index in [1.807, 2.05) is 0 Å². The van der Waals surface area contributed by atoms with Crippen molar-refractivity contribution in [2.45, 2.75) is 0 Å². The molecule has 0 N–H and O–H groups in total. The maximum absolute atomic E-state index is 2.47. The maximum Gasteiger partial charge on any atom is 0.0620 e. The van der Waals surface area contributed by atoms with Crippen LogP contribution < -0.4 is 0 Å². The van der Waals surface area contributed by atoms with E-state index in [-0.39, 0.29) is 0 Å².